The molecular formula is C18H14F8. The molecule has 0 aliphatic heterocycles. The van der Waals surface area contributed by atoms with Gasteiger partial charge in [-0.3, -0.25) is 0 Å². The lowest BCUT2D eigenvalue weighted by Crippen LogP contribution is -2.59. The summed E-state index contributed by atoms with van der Waals surface area (Å²) in [5.41, 5.74) is -2.14. The maximum absolute atomic E-state index is 14.1. The van der Waals surface area contributed by atoms with Crippen LogP contribution in [0.3, 0.4) is 0 Å². The van der Waals surface area contributed by atoms with Gasteiger partial charge in [0, 0.05) is 11.1 Å². The van der Waals surface area contributed by atoms with E-state index in [-0.39, 0.29) is 0 Å². The maximum Gasteiger partial charge on any atom is 0.382 e. The molecule has 0 unspecified atom stereocenters. The number of halogens is 8. The van der Waals surface area contributed by atoms with E-state index in [0.29, 0.717) is 35.4 Å². The normalized spacial score (nSPS) is 13.8. The molecule has 0 atom stereocenters. The van der Waals surface area contributed by atoms with E-state index in [1.165, 1.54) is 13.8 Å². The Labute approximate surface area is 144 Å². The first-order chi connectivity index (χ1) is 11.7. The van der Waals surface area contributed by atoms with Gasteiger partial charge < -0.3 is 0 Å². The third-order valence-corrected chi connectivity index (χ3v) is 4.01. The quantitative estimate of drug-likeness (QED) is 0.521. The average Bonchev–Trinajstić information content (AvgIpc) is 2.55. The van der Waals surface area contributed by atoms with Crippen molar-refractivity contribution in [3.63, 3.8) is 0 Å². The van der Waals surface area contributed by atoms with E-state index in [4.69, 9.17) is 0 Å². The Hall–Kier alpha value is -2.12. The highest BCUT2D eigenvalue weighted by molar-refractivity contribution is 5.31. The van der Waals surface area contributed by atoms with Gasteiger partial charge in [0.15, 0.2) is 0 Å². The topological polar surface area (TPSA) is 0 Å². The van der Waals surface area contributed by atoms with Gasteiger partial charge in [-0.25, -0.2) is 0 Å². The average molecular weight is 382 g/mol. The van der Waals surface area contributed by atoms with Gasteiger partial charge in [-0.15, -0.1) is 0 Å². The Morgan fingerprint density at radius 2 is 0.692 bits per heavy atom. The number of hydrogen-bond acceptors (Lipinski definition) is 0. The SMILES string of the molecule is Cc1ccc(C(F)(F)C(F)(F)C(F)(F)C(F)(F)c2ccc(C)cc2)cc1. The van der Waals surface area contributed by atoms with Crippen molar-refractivity contribution in [3.8, 4) is 0 Å². The van der Waals surface area contributed by atoms with Crippen LogP contribution in [0.15, 0.2) is 48.5 Å². The minimum absolute atomic E-state index is 0.407. The van der Waals surface area contributed by atoms with Crippen LogP contribution in [0.25, 0.3) is 0 Å². The van der Waals surface area contributed by atoms with Gasteiger partial charge in [-0.2, -0.15) is 35.1 Å². The number of alkyl halides is 8. The lowest BCUT2D eigenvalue weighted by Gasteiger charge is -2.37. The highest BCUT2D eigenvalue weighted by Gasteiger charge is 2.81. The monoisotopic (exact) mass is 382 g/mol. The zero-order valence-electron chi connectivity index (χ0n) is 13.6. The van der Waals surface area contributed by atoms with Crippen LogP contribution in [0, 0.1) is 13.8 Å². The molecule has 0 fully saturated rings. The highest BCUT2D eigenvalue weighted by Crippen LogP contribution is 2.59. The molecule has 0 saturated carbocycles. The summed E-state index contributed by atoms with van der Waals surface area (Å²) in [4.78, 5) is 0. The summed E-state index contributed by atoms with van der Waals surface area (Å²) in [7, 11) is 0. The van der Waals surface area contributed by atoms with Crippen molar-refractivity contribution < 1.29 is 35.1 Å². The first-order valence-electron chi connectivity index (χ1n) is 7.40. The predicted octanol–water partition coefficient (Wildman–Crippen LogP) is 6.46. The number of benzene rings is 2. The molecule has 0 amide bonds. The van der Waals surface area contributed by atoms with Crippen LogP contribution >= 0.6 is 0 Å². The third-order valence-electron chi connectivity index (χ3n) is 4.01. The number of rotatable bonds is 5. The molecule has 0 N–H and O–H groups in total. The second-order valence-corrected chi connectivity index (χ2v) is 6.03. The third kappa shape index (κ3) is 2.95. The lowest BCUT2D eigenvalue weighted by atomic mass is 9.90. The Morgan fingerprint density at radius 3 is 0.923 bits per heavy atom. The molecule has 0 radical (unpaired) electrons. The van der Waals surface area contributed by atoms with Crippen LogP contribution in [0.4, 0.5) is 35.1 Å². The maximum atomic E-state index is 14.1. The first-order valence-corrected chi connectivity index (χ1v) is 7.40. The summed E-state index contributed by atoms with van der Waals surface area (Å²) < 4.78 is 113. The molecule has 0 spiro atoms. The Bertz CT molecular complexity index is 693. The summed E-state index contributed by atoms with van der Waals surface area (Å²) in [5.74, 6) is -23.7. The van der Waals surface area contributed by atoms with Gasteiger partial charge >= 0.3 is 23.7 Å². The summed E-state index contributed by atoms with van der Waals surface area (Å²) in [5, 5.41) is 0. The second kappa shape index (κ2) is 6.25. The standard InChI is InChI=1S/C18H14F8/c1-11-3-7-13(8-4-11)15(19,20)17(23,24)18(25,26)16(21,22)14-9-5-12(2)6-10-14/h3-10H,1-2H3. The Balaban J connectivity index is 2.53. The van der Waals surface area contributed by atoms with Crippen LogP contribution in [0.5, 0.6) is 0 Å². The molecule has 0 aliphatic rings. The van der Waals surface area contributed by atoms with Crippen molar-refractivity contribution in [1.82, 2.24) is 0 Å². The van der Waals surface area contributed by atoms with Crippen LogP contribution in [0.2, 0.25) is 0 Å². The molecule has 2 aromatic rings. The Kier molecular flexibility index (Phi) is 4.85. The zero-order chi connectivity index (χ0) is 20.0. The molecule has 8 heteroatoms. The minimum atomic E-state index is -6.34. The van der Waals surface area contributed by atoms with E-state index in [1.807, 2.05) is 0 Å². The molecule has 2 rings (SSSR count). The zero-order valence-corrected chi connectivity index (χ0v) is 13.6. The van der Waals surface area contributed by atoms with Gasteiger partial charge in [0.2, 0.25) is 0 Å². The number of hydrogen-bond donors (Lipinski definition) is 0. The van der Waals surface area contributed by atoms with Crippen molar-refractivity contribution >= 4 is 0 Å². The molecule has 0 saturated heterocycles. The van der Waals surface area contributed by atoms with E-state index in [2.05, 4.69) is 0 Å². The smallest absolute Gasteiger partial charge is 0.194 e. The largest absolute Gasteiger partial charge is 0.382 e. The van der Waals surface area contributed by atoms with Crippen molar-refractivity contribution in [2.45, 2.75) is 37.5 Å². The van der Waals surface area contributed by atoms with Crippen LogP contribution < -0.4 is 0 Å². The molecule has 0 bridgehead atoms. The van der Waals surface area contributed by atoms with Gasteiger partial charge in [0.05, 0.1) is 0 Å². The van der Waals surface area contributed by atoms with Gasteiger partial charge in [0.25, 0.3) is 0 Å². The molecule has 26 heavy (non-hydrogen) atoms. The fraction of sp³-hybridized carbons (Fsp3) is 0.333. The molecule has 0 aliphatic carbocycles. The fourth-order valence-electron chi connectivity index (χ4n) is 2.28. The summed E-state index contributed by atoms with van der Waals surface area (Å²) in [6.45, 7) is 2.92. The number of aryl methyl sites for hydroxylation is 2. The van der Waals surface area contributed by atoms with E-state index in [9.17, 15) is 35.1 Å². The lowest BCUT2D eigenvalue weighted by molar-refractivity contribution is -0.374. The predicted molar refractivity (Wildman–Crippen MR) is 80.0 cm³/mol. The second-order valence-electron chi connectivity index (χ2n) is 6.03. The van der Waals surface area contributed by atoms with E-state index < -0.39 is 34.8 Å². The van der Waals surface area contributed by atoms with Crippen molar-refractivity contribution in [2.24, 2.45) is 0 Å². The molecular weight excluding hydrogens is 368 g/mol. The van der Waals surface area contributed by atoms with Crippen molar-refractivity contribution in [2.75, 3.05) is 0 Å². The van der Waals surface area contributed by atoms with Gasteiger partial charge in [-0.1, -0.05) is 59.7 Å². The van der Waals surface area contributed by atoms with E-state index in [1.54, 1.807) is 0 Å². The Morgan fingerprint density at radius 1 is 0.462 bits per heavy atom. The summed E-state index contributed by atoms with van der Waals surface area (Å²) in [6.07, 6.45) is 0. The van der Waals surface area contributed by atoms with Crippen LogP contribution in [-0.2, 0) is 11.8 Å². The summed E-state index contributed by atoms with van der Waals surface area (Å²) >= 11 is 0. The molecule has 0 heterocycles. The van der Waals surface area contributed by atoms with E-state index >= 15 is 0 Å². The molecule has 2 aromatic carbocycles. The van der Waals surface area contributed by atoms with Crippen LogP contribution in [-0.4, -0.2) is 11.8 Å². The van der Waals surface area contributed by atoms with E-state index in [0.717, 1.165) is 24.3 Å². The molecule has 142 valence electrons. The minimum Gasteiger partial charge on any atom is -0.194 e. The molecule has 0 nitrogen and oxygen atoms in total. The van der Waals surface area contributed by atoms with Gasteiger partial charge in [0.1, 0.15) is 0 Å². The van der Waals surface area contributed by atoms with Crippen molar-refractivity contribution in [3.05, 3.63) is 70.8 Å². The van der Waals surface area contributed by atoms with Crippen molar-refractivity contribution in [1.29, 1.82) is 0 Å². The first kappa shape index (κ1) is 20.2. The van der Waals surface area contributed by atoms with Gasteiger partial charge in [-0.05, 0) is 13.8 Å². The highest BCUT2D eigenvalue weighted by atomic mass is 19.4. The fourth-order valence-corrected chi connectivity index (χ4v) is 2.28. The molecule has 0 aromatic heterocycles. The van der Waals surface area contributed by atoms with Crippen LogP contribution in [0.1, 0.15) is 22.3 Å². The summed E-state index contributed by atoms with van der Waals surface area (Å²) in [6, 6.07) is 6.00.